The van der Waals surface area contributed by atoms with Crippen LogP contribution in [0, 0.1) is 0 Å². The third-order valence-corrected chi connectivity index (χ3v) is 4.10. The largest absolute Gasteiger partial charge is 0.493 e. The number of pyridine rings is 1. The van der Waals surface area contributed by atoms with Crippen molar-refractivity contribution in [2.75, 3.05) is 12.4 Å². The van der Waals surface area contributed by atoms with Crippen LogP contribution in [-0.2, 0) is 5.75 Å². The number of rotatable bonds is 6. The Bertz CT molecular complexity index is 700. The van der Waals surface area contributed by atoms with Crippen molar-refractivity contribution >= 4 is 22.7 Å². The summed E-state index contributed by atoms with van der Waals surface area (Å²) in [5.74, 6) is 2.81. The molecule has 0 fully saturated rings. The highest BCUT2D eigenvalue weighted by Gasteiger charge is 1.99. The Kier molecular flexibility index (Phi) is 4.74. The van der Waals surface area contributed by atoms with Crippen LogP contribution in [0.1, 0.15) is 5.69 Å². The van der Waals surface area contributed by atoms with E-state index >= 15 is 0 Å². The van der Waals surface area contributed by atoms with E-state index in [1.807, 2.05) is 54.2 Å². The highest BCUT2D eigenvalue weighted by Crippen LogP contribution is 2.16. The molecular formula is C18H17NOS. The van der Waals surface area contributed by atoms with Crippen molar-refractivity contribution in [1.82, 2.24) is 4.98 Å². The lowest BCUT2D eigenvalue weighted by atomic mass is 10.2. The highest BCUT2D eigenvalue weighted by molar-refractivity contribution is 7.98. The van der Waals surface area contributed by atoms with Crippen molar-refractivity contribution in [2.24, 2.45) is 0 Å². The number of aromatic nitrogens is 1. The van der Waals surface area contributed by atoms with Gasteiger partial charge in [-0.1, -0.05) is 42.5 Å². The van der Waals surface area contributed by atoms with Crippen molar-refractivity contribution in [3.05, 3.63) is 72.4 Å². The summed E-state index contributed by atoms with van der Waals surface area (Å²) in [4.78, 5) is 4.67. The summed E-state index contributed by atoms with van der Waals surface area (Å²) in [6, 6.07) is 22.4. The molecule has 0 aliphatic carbocycles. The van der Waals surface area contributed by atoms with Gasteiger partial charge in [-0.05, 0) is 24.3 Å². The topological polar surface area (TPSA) is 22.1 Å². The van der Waals surface area contributed by atoms with E-state index in [2.05, 4.69) is 29.2 Å². The Morgan fingerprint density at radius 1 is 0.857 bits per heavy atom. The van der Waals surface area contributed by atoms with Gasteiger partial charge in [-0.15, -0.1) is 0 Å². The Balaban J connectivity index is 1.46. The minimum absolute atomic E-state index is 0.724. The Morgan fingerprint density at radius 2 is 1.67 bits per heavy atom. The van der Waals surface area contributed by atoms with Crippen molar-refractivity contribution in [3.8, 4) is 5.75 Å². The summed E-state index contributed by atoms with van der Waals surface area (Å²) in [6.45, 7) is 0.724. The van der Waals surface area contributed by atoms with Gasteiger partial charge in [-0.2, -0.15) is 11.8 Å². The van der Waals surface area contributed by atoms with Gasteiger partial charge >= 0.3 is 0 Å². The maximum atomic E-state index is 5.67. The zero-order valence-corrected chi connectivity index (χ0v) is 12.6. The molecule has 0 radical (unpaired) electrons. The number of hydrogen-bond acceptors (Lipinski definition) is 3. The number of para-hydroxylation sites is 2. The second-order valence-corrected chi connectivity index (χ2v) is 5.81. The third-order valence-electron chi connectivity index (χ3n) is 3.15. The summed E-state index contributed by atoms with van der Waals surface area (Å²) in [5, 5.41) is 1.19. The molecule has 2 aromatic carbocycles. The molecule has 0 aliphatic rings. The molecule has 0 spiro atoms. The number of nitrogens with zero attached hydrogens (tertiary/aromatic N) is 1. The van der Waals surface area contributed by atoms with Crippen molar-refractivity contribution in [3.63, 3.8) is 0 Å². The molecule has 0 saturated carbocycles. The van der Waals surface area contributed by atoms with E-state index in [9.17, 15) is 0 Å². The van der Waals surface area contributed by atoms with Crippen molar-refractivity contribution in [2.45, 2.75) is 5.75 Å². The molecule has 0 atom stereocenters. The number of ether oxygens (including phenoxy) is 1. The fraction of sp³-hybridized carbons (Fsp3) is 0.167. The SMILES string of the molecule is c1ccc(OCCSCc2ccc3ccccc3n2)cc1. The summed E-state index contributed by atoms with van der Waals surface area (Å²) in [6.07, 6.45) is 0. The molecule has 0 aliphatic heterocycles. The molecule has 2 nitrogen and oxygen atoms in total. The first-order chi connectivity index (χ1) is 10.4. The molecule has 3 heteroatoms. The van der Waals surface area contributed by atoms with Crippen LogP contribution in [-0.4, -0.2) is 17.3 Å². The summed E-state index contributed by atoms with van der Waals surface area (Å²) in [7, 11) is 0. The quantitative estimate of drug-likeness (QED) is 0.623. The van der Waals surface area contributed by atoms with Gasteiger partial charge in [0.1, 0.15) is 5.75 Å². The predicted molar refractivity (Wildman–Crippen MR) is 89.8 cm³/mol. The van der Waals surface area contributed by atoms with Gasteiger partial charge in [0, 0.05) is 16.9 Å². The van der Waals surface area contributed by atoms with E-state index in [0.717, 1.165) is 35.1 Å². The van der Waals surface area contributed by atoms with E-state index in [0.29, 0.717) is 0 Å². The van der Waals surface area contributed by atoms with Crippen LogP contribution in [0.15, 0.2) is 66.7 Å². The predicted octanol–water partition coefficient (Wildman–Crippen LogP) is 4.55. The van der Waals surface area contributed by atoms with Crippen LogP contribution in [0.2, 0.25) is 0 Å². The van der Waals surface area contributed by atoms with Crippen LogP contribution in [0.25, 0.3) is 10.9 Å². The first-order valence-electron chi connectivity index (χ1n) is 7.02. The lowest BCUT2D eigenvalue weighted by molar-refractivity contribution is 0.344. The Hall–Kier alpha value is -2.00. The molecule has 21 heavy (non-hydrogen) atoms. The number of thioether (sulfide) groups is 1. The molecule has 0 N–H and O–H groups in total. The molecule has 0 amide bonds. The number of fused-ring (bicyclic) bond motifs is 1. The van der Waals surface area contributed by atoms with Crippen LogP contribution >= 0.6 is 11.8 Å². The van der Waals surface area contributed by atoms with Crippen molar-refractivity contribution in [1.29, 1.82) is 0 Å². The minimum Gasteiger partial charge on any atom is -0.493 e. The van der Waals surface area contributed by atoms with Gasteiger partial charge in [0.25, 0.3) is 0 Å². The monoisotopic (exact) mass is 295 g/mol. The fourth-order valence-electron chi connectivity index (χ4n) is 2.10. The molecule has 0 unspecified atom stereocenters. The molecule has 0 saturated heterocycles. The third kappa shape index (κ3) is 3.99. The molecule has 0 bridgehead atoms. The van der Waals surface area contributed by atoms with E-state index in [1.54, 1.807) is 0 Å². The normalized spacial score (nSPS) is 10.7. The zero-order chi connectivity index (χ0) is 14.3. The lowest BCUT2D eigenvalue weighted by Crippen LogP contribution is -2.00. The first kappa shape index (κ1) is 14.0. The van der Waals surface area contributed by atoms with Gasteiger partial charge in [0.05, 0.1) is 17.8 Å². The van der Waals surface area contributed by atoms with E-state index < -0.39 is 0 Å². The minimum atomic E-state index is 0.724. The summed E-state index contributed by atoms with van der Waals surface area (Å²) >= 11 is 1.85. The molecule has 1 aromatic heterocycles. The van der Waals surface area contributed by atoms with Gasteiger partial charge in [-0.25, -0.2) is 0 Å². The smallest absolute Gasteiger partial charge is 0.119 e. The highest BCUT2D eigenvalue weighted by atomic mass is 32.2. The Labute approximate surface area is 129 Å². The van der Waals surface area contributed by atoms with Gasteiger partial charge in [-0.3, -0.25) is 4.98 Å². The molecule has 3 aromatic rings. The van der Waals surface area contributed by atoms with Gasteiger partial charge in [0.2, 0.25) is 0 Å². The zero-order valence-electron chi connectivity index (χ0n) is 11.7. The maximum Gasteiger partial charge on any atom is 0.119 e. The average molecular weight is 295 g/mol. The Morgan fingerprint density at radius 3 is 2.57 bits per heavy atom. The second-order valence-electron chi connectivity index (χ2n) is 4.71. The maximum absolute atomic E-state index is 5.67. The molecule has 3 rings (SSSR count). The summed E-state index contributed by atoms with van der Waals surface area (Å²) in [5.41, 5.74) is 2.19. The summed E-state index contributed by atoms with van der Waals surface area (Å²) < 4.78 is 5.67. The van der Waals surface area contributed by atoms with Crippen LogP contribution < -0.4 is 4.74 Å². The van der Waals surface area contributed by atoms with Gasteiger partial charge < -0.3 is 4.74 Å². The molecule has 1 heterocycles. The first-order valence-corrected chi connectivity index (χ1v) is 8.17. The standard InChI is InChI=1S/C18H17NOS/c1-2-7-17(8-3-1)20-12-13-21-14-16-11-10-15-6-4-5-9-18(15)19-16/h1-11H,12-14H2. The molecule has 106 valence electrons. The van der Waals surface area contributed by atoms with Crippen LogP contribution in [0.5, 0.6) is 5.75 Å². The van der Waals surface area contributed by atoms with Crippen LogP contribution in [0.4, 0.5) is 0 Å². The molecular weight excluding hydrogens is 278 g/mol. The fourth-order valence-corrected chi connectivity index (χ4v) is 2.82. The van der Waals surface area contributed by atoms with E-state index in [-0.39, 0.29) is 0 Å². The average Bonchev–Trinajstić information content (AvgIpc) is 2.55. The number of benzene rings is 2. The number of hydrogen-bond donors (Lipinski definition) is 0. The van der Waals surface area contributed by atoms with Crippen LogP contribution in [0.3, 0.4) is 0 Å². The van der Waals surface area contributed by atoms with E-state index in [1.165, 1.54) is 5.39 Å². The lowest BCUT2D eigenvalue weighted by Gasteiger charge is -2.06. The second kappa shape index (κ2) is 7.14. The van der Waals surface area contributed by atoms with E-state index in [4.69, 9.17) is 4.74 Å². The van der Waals surface area contributed by atoms with Crippen molar-refractivity contribution < 1.29 is 4.74 Å². The van der Waals surface area contributed by atoms with Gasteiger partial charge in [0.15, 0.2) is 0 Å².